The number of fused-ring (bicyclic) bond motifs is 4. The summed E-state index contributed by atoms with van der Waals surface area (Å²) in [5.41, 5.74) is 3.19. The fourth-order valence-corrected chi connectivity index (χ4v) is 7.45. The predicted octanol–water partition coefficient (Wildman–Crippen LogP) is 4.72. The molecule has 8 heteroatoms. The molecule has 1 N–H and O–H groups in total. The maximum Gasteiger partial charge on any atom is 0.235 e. The fraction of sp³-hybridized carbons (Fsp3) is 0.400. The molecule has 3 heterocycles. The summed E-state index contributed by atoms with van der Waals surface area (Å²) in [7, 11) is 0. The van der Waals surface area contributed by atoms with E-state index in [1.807, 2.05) is 0 Å². The second-order valence-corrected chi connectivity index (χ2v) is 10.2. The number of aromatic nitrogens is 2. The molecule has 5 nitrogen and oxygen atoms in total. The number of thioether (sulfide) groups is 1. The van der Waals surface area contributed by atoms with Crippen LogP contribution in [0, 0.1) is 11.3 Å². The van der Waals surface area contributed by atoms with Crippen molar-refractivity contribution in [1.82, 2.24) is 9.97 Å². The van der Waals surface area contributed by atoms with Crippen molar-refractivity contribution in [2.45, 2.75) is 50.0 Å². The first-order valence-electron chi connectivity index (χ1n) is 9.47. The van der Waals surface area contributed by atoms with Crippen LogP contribution in [0.4, 0.5) is 5.00 Å². The zero-order valence-electron chi connectivity index (χ0n) is 15.2. The minimum absolute atomic E-state index is 0.0845. The van der Waals surface area contributed by atoms with E-state index in [1.54, 1.807) is 29.0 Å². The van der Waals surface area contributed by atoms with E-state index >= 15 is 0 Å². The molecule has 2 aliphatic rings. The van der Waals surface area contributed by atoms with Gasteiger partial charge in [-0.2, -0.15) is 5.26 Å². The zero-order valence-corrected chi connectivity index (χ0v) is 17.7. The molecule has 2 aliphatic carbocycles. The topological polar surface area (TPSA) is 78.7 Å². The van der Waals surface area contributed by atoms with Crippen LogP contribution in [0.15, 0.2) is 11.4 Å². The lowest BCUT2D eigenvalue weighted by atomic mass is 9.96. The average Bonchev–Trinajstić information content (AvgIpc) is 3.38. The monoisotopic (exact) mass is 426 g/mol. The summed E-state index contributed by atoms with van der Waals surface area (Å²) >= 11 is 4.79. The minimum Gasteiger partial charge on any atom is -0.316 e. The Balaban J connectivity index is 1.33. The molecular weight excluding hydrogens is 408 g/mol. The van der Waals surface area contributed by atoms with Gasteiger partial charge in [0.2, 0.25) is 5.91 Å². The Morgan fingerprint density at radius 3 is 2.79 bits per heavy atom. The van der Waals surface area contributed by atoms with Gasteiger partial charge in [0.25, 0.3) is 0 Å². The number of thiophene rings is 2. The smallest absolute Gasteiger partial charge is 0.235 e. The Morgan fingerprint density at radius 2 is 1.89 bits per heavy atom. The number of hydrogen-bond donors (Lipinski definition) is 1. The molecule has 142 valence electrons. The molecule has 0 aliphatic heterocycles. The molecule has 5 rings (SSSR count). The normalized spacial score (nSPS) is 15.2. The number of rotatable bonds is 4. The SMILES string of the molecule is N#Cc1c(NC(=O)CSc2ncnc3sc4c(c23)CCC4)sc2c1CCCC2. The van der Waals surface area contributed by atoms with Crippen LogP contribution in [0.2, 0.25) is 0 Å². The molecule has 0 aromatic carbocycles. The van der Waals surface area contributed by atoms with Crippen molar-refractivity contribution in [2.24, 2.45) is 0 Å². The third-order valence-corrected chi connectivity index (χ3v) is 8.74. The maximum absolute atomic E-state index is 12.6. The van der Waals surface area contributed by atoms with Crippen LogP contribution in [0.1, 0.15) is 45.7 Å². The third-order valence-electron chi connectivity index (χ3n) is 5.34. The van der Waals surface area contributed by atoms with Gasteiger partial charge in [-0.3, -0.25) is 4.79 Å². The first-order chi connectivity index (χ1) is 13.7. The summed E-state index contributed by atoms with van der Waals surface area (Å²) in [6.07, 6.45) is 9.23. The first-order valence-corrected chi connectivity index (χ1v) is 12.1. The maximum atomic E-state index is 12.6. The van der Waals surface area contributed by atoms with Gasteiger partial charge in [0.15, 0.2) is 0 Å². The van der Waals surface area contributed by atoms with Gasteiger partial charge in [-0.15, -0.1) is 22.7 Å². The average molecular weight is 427 g/mol. The standard InChI is InChI=1S/C20H18N4OS3/c21-8-13-11-4-1-2-6-14(11)27-18(13)24-16(25)9-26-19-17-12-5-3-7-15(12)28-20(17)23-10-22-19/h10H,1-7,9H2,(H,24,25). The zero-order chi connectivity index (χ0) is 19.1. The van der Waals surface area contributed by atoms with Gasteiger partial charge in [0.1, 0.15) is 27.3 Å². The molecule has 0 saturated heterocycles. The number of hydrogen-bond acceptors (Lipinski definition) is 7. The van der Waals surface area contributed by atoms with Crippen molar-refractivity contribution in [2.75, 3.05) is 11.1 Å². The lowest BCUT2D eigenvalue weighted by molar-refractivity contribution is -0.113. The van der Waals surface area contributed by atoms with Gasteiger partial charge in [-0.25, -0.2) is 9.97 Å². The molecule has 3 aromatic heterocycles. The van der Waals surface area contributed by atoms with Crippen LogP contribution in [-0.2, 0) is 30.5 Å². The van der Waals surface area contributed by atoms with Crippen molar-refractivity contribution in [1.29, 1.82) is 5.26 Å². The lowest BCUT2D eigenvalue weighted by Crippen LogP contribution is -2.14. The summed E-state index contributed by atoms with van der Waals surface area (Å²) in [6.45, 7) is 0. The van der Waals surface area contributed by atoms with Crippen LogP contribution < -0.4 is 5.32 Å². The second-order valence-electron chi connectivity index (χ2n) is 7.08. The van der Waals surface area contributed by atoms with E-state index in [1.165, 1.54) is 33.5 Å². The highest BCUT2D eigenvalue weighted by Gasteiger charge is 2.23. The number of nitrogens with one attached hydrogen (secondary N) is 1. The number of carbonyl (C=O) groups excluding carboxylic acids is 1. The van der Waals surface area contributed by atoms with Gasteiger partial charge >= 0.3 is 0 Å². The Hall–Kier alpha value is -1.95. The Labute approximate surface area is 175 Å². The van der Waals surface area contributed by atoms with Crippen molar-refractivity contribution in [3.63, 3.8) is 0 Å². The fourth-order valence-electron chi connectivity index (χ4n) is 4.08. The number of nitrogens with zero attached hydrogens (tertiary/aromatic N) is 3. The molecule has 0 atom stereocenters. The molecule has 0 spiro atoms. The first kappa shape index (κ1) is 18.1. The number of nitriles is 1. The highest BCUT2D eigenvalue weighted by Crippen LogP contribution is 2.40. The quantitative estimate of drug-likeness (QED) is 0.482. The van der Waals surface area contributed by atoms with Gasteiger partial charge in [-0.1, -0.05) is 11.8 Å². The van der Waals surface area contributed by atoms with Gasteiger partial charge in [0.05, 0.1) is 11.3 Å². The Morgan fingerprint density at radius 1 is 1.11 bits per heavy atom. The lowest BCUT2D eigenvalue weighted by Gasteiger charge is -2.09. The third kappa shape index (κ3) is 3.11. The Kier molecular flexibility index (Phi) is 4.83. The second kappa shape index (κ2) is 7.47. The minimum atomic E-state index is -0.0845. The highest BCUT2D eigenvalue weighted by molar-refractivity contribution is 8.00. The van der Waals surface area contributed by atoms with Gasteiger partial charge < -0.3 is 5.32 Å². The van der Waals surface area contributed by atoms with Crippen LogP contribution in [0.3, 0.4) is 0 Å². The summed E-state index contributed by atoms with van der Waals surface area (Å²) in [6, 6.07) is 2.30. The van der Waals surface area contributed by atoms with E-state index in [9.17, 15) is 10.1 Å². The van der Waals surface area contributed by atoms with E-state index in [0.717, 1.165) is 59.3 Å². The molecule has 3 aromatic rings. The van der Waals surface area contributed by atoms with Crippen molar-refractivity contribution < 1.29 is 4.79 Å². The van der Waals surface area contributed by atoms with Crippen molar-refractivity contribution in [3.8, 4) is 6.07 Å². The predicted molar refractivity (Wildman–Crippen MR) is 114 cm³/mol. The number of anilines is 1. The number of aryl methyl sites for hydroxylation is 3. The molecule has 0 fully saturated rings. The largest absolute Gasteiger partial charge is 0.316 e. The van der Waals surface area contributed by atoms with E-state index in [2.05, 4.69) is 21.4 Å². The molecule has 0 bridgehead atoms. The van der Waals surface area contributed by atoms with Crippen LogP contribution in [0.5, 0.6) is 0 Å². The molecule has 0 saturated carbocycles. The summed E-state index contributed by atoms with van der Waals surface area (Å²) in [5.74, 6) is 0.197. The van der Waals surface area contributed by atoms with Crippen LogP contribution in [0.25, 0.3) is 10.2 Å². The summed E-state index contributed by atoms with van der Waals surface area (Å²) in [5, 5.41) is 15.3. The number of carbonyl (C=O) groups is 1. The summed E-state index contributed by atoms with van der Waals surface area (Å²) < 4.78 is 0. The molecule has 28 heavy (non-hydrogen) atoms. The van der Waals surface area contributed by atoms with Crippen LogP contribution >= 0.6 is 34.4 Å². The van der Waals surface area contributed by atoms with E-state index < -0.39 is 0 Å². The van der Waals surface area contributed by atoms with E-state index in [4.69, 9.17) is 0 Å². The molecule has 1 amide bonds. The molecule has 0 radical (unpaired) electrons. The van der Waals surface area contributed by atoms with Crippen molar-refractivity contribution >= 4 is 55.6 Å². The Bertz CT molecular complexity index is 1120. The van der Waals surface area contributed by atoms with E-state index in [0.29, 0.717) is 10.6 Å². The van der Waals surface area contributed by atoms with E-state index in [-0.39, 0.29) is 11.7 Å². The number of amides is 1. The summed E-state index contributed by atoms with van der Waals surface area (Å²) in [4.78, 5) is 25.2. The van der Waals surface area contributed by atoms with Gasteiger partial charge in [0, 0.05) is 15.1 Å². The van der Waals surface area contributed by atoms with Crippen LogP contribution in [-0.4, -0.2) is 21.6 Å². The van der Waals surface area contributed by atoms with Crippen molar-refractivity contribution in [3.05, 3.63) is 32.8 Å². The molecule has 0 unspecified atom stereocenters. The van der Waals surface area contributed by atoms with Gasteiger partial charge in [-0.05, 0) is 56.1 Å². The highest BCUT2D eigenvalue weighted by atomic mass is 32.2. The molecular formula is C20H18N4OS3.